The van der Waals surface area contributed by atoms with E-state index in [9.17, 15) is 19.5 Å². The third-order valence-electron chi connectivity index (χ3n) is 7.52. The second-order valence-electron chi connectivity index (χ2n) is 9.57. The van der Waals surface area contributed by atoms with Crippen molar-refractivity contribution in [3.63, 3.8) is 0 Å². The van der Waals surface area contributed by atoms with Gasteiger partial charge in [0.1, 0.15) is 12.6 Å². The number of likely N-dealkylation sites (N-methyl/N-ethyl adjacent to an activating group) is 1. The van der Waals surface area contributed by atoms with Crippen LogP contribution in [0.15, 0.2) is 30.5 Å². The molecular weight excluding hydrogens is 468 g/mol. The average Bonchev–Trinajstić information content (AvgIpc) is 3.57. The minimum atomic E-state index is -1.33. The maximum absolute atomic E-state index is 13.2. The second-order valence-corrected chi connectivity index (χ2v) is 9.57. The van der Waals surface area contributed by atoms with E-state index in [0.717, 1.165) is 15.8 Å². The number of nitrogens with one attached hydrogen (secondary N) is 7. The van der Waals surface area contributed by atoms with Crippen LogP contribution in [0.1, 0.15) is 10.4 Å². The van der Waals surface area contributed by atoms with Crippen molar-refractivity contribution in [3.8, 4) is 0 Å². The van der Waals surface area contributed by atoms with Gasteiger partial charge in [0.15, 0.2) is 17.6 Å². The third-order valence-corrected chi connectivity index (χ3v) is 7.52. The van der Waals surface area contributed by atoms with E-state index in [4.69, 9.17) is 10.8 Å². The molecule has 4 aliphatic rings. The van der Waals surface area contributed by atoms with Gasteiger partial charge in [-0.1, -0.05) is 6.07 Å². The topological polar surface area (TPSA) is 193 Å². The summed E-state index contributed by atoms with van der Waals surface area (Å²) in [5.41, 5.74) is -0.0718. The Morgan fingerprint density at radius 3 is 2.81 bits per heavy atom. The fourth-order valence-electron chi connectivity index (χ4n) is 5.86. The van der Waals surface area contributed by atoms with Gasteiger partial charge in [-0.05, 0) is 18.2 Å². The molecule has 1 spiro atoms. The van der Waals surface area contributed by atoms with Crippen LogP contribution in [0, 0.1) is 10.8 Å². The van der Waals surface area contributed by atoms with Gasteiger partial charge in [0.25, 0.3) is 5.91 Å². The summed E-state index contributed by atoms with van der Waals surface area (Å²) >= 11 is 0. The number of carbonyl (C=O) groups is 3. The van der Waals surface area contributed by atoms with Crippen molar-refractivity contribution in [2.45, 2.75) is 29.9 Å². The number of aliphatic hydroxyl groups excluding tert-OH is 1. The van der Waals surface area contributed by atoms with E-state index in [-0.39, 0.29) is 43.4 Å². The smallest absolute Gasteiger partial charge is 0.327 e. The second kappa shape index (κ2) is 7.58. The highest BCUT2D eigenvalue weighted by molar-refractivity contribution is 6.06. The number of amides is 4. The molecule has 0 aliphatic carbocycles. The molecule has 0 saturated carbocycles. The van der Waals surface area contributed by atoms with Crippen LogP contribution in [0.2, 0.25) is 0 Å². The summed E-state index contributed by atoms with van der Waals surface area (Å²) < 4.78 is 0. The van der Waals surface area contributed by atoms with Gasteiger partial charge in [0.05, 0.1) is 24.7 Å². The Balaban J connectivity index is 1.28. The van der Waals surface area contributed by atoms with Crippen LogP contribution in [-0.4, -0.2) is 111 Å². The van der Waals surface area contributed by atoms with Crippen molar-refractivity contribution in [3.05, 3.63) is 36.0 Å². The van der Waals surface area contributed by atoms with Crippen LogP contribution in [0.3, 0.4) is 0 Å². The predicted octanol–water partition coefficient (Wildman–Crippen LogP) is -2.06. The highest BCUT2D eigenvalue weighted by Crippen LogP contribution is 2.38. The number of benzene rings is 1. The van der Waals surface area contributed by atoms with Crippen molar-refractivity contribution in [2.75, 3.05) is 26.7 Å². The van der Waals surface area contributed by atoms with Crippen molar-refractivity contribution >= 4 is 40.7 Å². The Labute approximate surface area is 205 Å². The number of carbonyl (C=O) groups excluding carboxylic acids is 3. The molecule has 4 fully saturated rings. The maximum atomic E-state index is 13.2. The normalized spacial score (nSPS) is 31.3. The maximum Gasteiger partial charge on any atom is 0.327 e. The number of rotatable bonds is 4. The molecule has 0 bridgehead atoms. The zero-order chi connectivity index (χ0) is 25.4. The van der Waals surface area contributed by atoms with E-state index in [0.29, 0.717) is 5.56 Å². The Hall–Kier alpha value is -4.33. The number of aliphatic hydroxyl groups is 1. The largest absolute Gasteiger partial charge is 0.386 e. The number of aromatic nitrogens is 1. The fraction of sp³-hybridized carbons (Fsp3) is 0.409. The first-order valence-electron chi connectivity index (χ1n) is 11.6. The summed E-state index contributed by atoms with van der Waals surface area (Å²) in [5.74, 6) is -0.836. The highest BCUT2D eigenvalue weighted by Gasteiger charge is 2.67. The molecule has 14 nitrogen and oxygen atoms in total. The molecule has 36 heavy (non-hydrogen) atoms. The van der Waals surface area contributed by atoms with E-state index >= 15 is 0 Å². The summed E-state index contributed by atoms with van der Waals surface area (Å²) in [4.78, 5) is 45.1. The number of guanidine groups is 2. The lowest BCUT2D eigenvalue weighted by Gasteiger charge is -2.49. The number of fused-ring (bicyclic) bond motifs is 1. The van der Waals surface area contributed by atoms with E-state index in [1.807, 2.05) is 6.07 Å². The first-order valence-corrected chi connectivity index (χ1v) is 11.6. The summed E-state index contributed by atoms with van der Waals surface area (Å²) in [7, 11) is 1.53. The lowest BCUT2D eigenvalue weighted by molar-refractivity contribution is -0.125. The summed E-state index contributed by atoms with van der Waals surface area (Å²) in [6, 6.07) is 4.58. The van der Waals surface area contributed by atoms with Gasteiger partial charge in [-0.3, -0.25) is 25.3 Å². The van der Waals surface area contributed by atoms with E-state index in [1.54, 1.807) is 29.3 Å². The number of imide groups is 1. The van der Waals surface area contributed by atoms with Gasteiger partial charge in [0.2, 0.25) is 5.91 Å². The average molecular weight is 495 g/mol. The fourth-order valence-corrected chi connectivity index (χ4v) is 5.86. The molecule has 8 N–H and O–H groups in total. The predicted molar refractivity (Wildman–Crippen MR) is 127 cm³/mol. The molecular formula is C22H26N10O4. The van der Waals surface area contributed by atoms with Crippen molar-refractivity contribution in [1.82, 2.24) is 41.0 Å². The Kier molecular flexibility index (Phi) is 4.67. The van der Waals surface area contributed by atoms with Gasteiger partial charge in [0, 0.05) is 36.3 Å². The number of H-pyrrole nitrogens is 1. The van der Waals surface area contributed by atoms with Crippen LogP contribution >= 0.6 is 0 Å². The molecule has 0 radical (unpaired) electrons. The van der Waals surface area contributed by atoms with Gasteiger partial charge in [-0.25, -0.2) is 4.79 Å². The zero-order valence-electron chi connectivity index (χ0n) is 19.3. The lowest BCUT2D eigenvalue weighted by Crippen LogP contribution is -2.78. The minimum Gasteiger partial charge on any atom is -0.386 e. The number of nitrogens with zero attached hydrogens (tertiary/aromatic N) is 3. The molecule has 2 aromatic rings. The number of hydrogen-bond acceptors (Lipinski definition) is 6. The number of hydrogen-bond donors (Lipinski definition) is 8. The molecule has 4 aliphatic heterocycles. The van der Waals surface area contributed by atoms with Crippen molar-refractivity contribution in [1.29, 1.82) is 10.8 Å². The molecule has 4 amide bonds. The van der Waals surface area contributed by atoms with Crippen LogP contribution in [-0.2, 0) is 4.79 Å². The van der Waals surface area contributed by atoms with E-state index < -0.39 is 35.9 Å². The SMILES string of the molecule is CN1CC(=O)N(C[C@@H]2NC(=N)N3CC(NC(=O)c4cccc5[nH]ccc45)[C@@H](O)C34NC(=N)NC24)C1=O. The number of urea groups is 1. The van der Waals surface area contributed by atoms with Gasteiger partial charge in [-0.15, -0.1) is 0 Å². The summed E-state index contributed by atoms with van der Waals surface area (Å²) in [6.45, 7) is 0.0280. The van der Waals surface area contributed by atoms with Crippen LogP contribution in [0.25, 0.3) is 10.9 Å². The van der Waals surface area contributed by atoms with Crippen LogP contribution in [0.5, 0.6) is 0 Å². The van der Waals surface area contributed by atoms with Crippen LogP contribution < -0.4 is 21.3 Å². The molecule has 6 rings (SSSR count). The Morgan fingerprint density at radius 1 is 1.25 bits per heavy atom. The first kappa shape index (κ1) is 22.2. The van der Waals surface area contributed by atoms with Crippen molar-refractivity contribution in [2.24, 2.45) is 0 Å². The monoisotopic (exact) mass is 494 g/mol. The van der Waals surface area contributed by atoms with Gasteiger partial charge in [-0.2, -0.15) is 0 Å². The quantitative estimate of drug-likeness (QED) is 0.222. The molecule has 1 aromatic heterocycles. The zero-order valence-corrected chi connectivity index (χ0v) is 19.3. The number of aromatic amines is 1. The van der Waals surface area contributed by atoms with E-state index in [1.165, 1.54) is 11.9 Å². The lowest BCUT2D eigenvalue weighted by atomic mass is 9.87. The summed E-state index contributed by atoms with van der Waals surface area (Å²) in [5, 5.41) is 41.1. The minimum absolute atomic E-state index is 0.0307. The standard InChI is InChI=1S/C22H26N10O4/c1-30-9-15(33)31(21(30)36)7-13-16-22(29-19(23)28-16)17(34)14(8-32(22)20(24)27-13)26-18(35)11-3-2-4-12-10(11)5-6-25-12/h2-6,13-14,16-17,25,34H,7-9H2,1H3,(H2,24,27)(H,26,35)(H3,23,28,29)/t13-,14?,16?,17+,22?/m0/s1. The van der Waals surface area contributed by atoms with Gasteiger partial charge < -0.3 is 41.2 Å². The molecule has 3 unspecified atom stereocenters. The van der Waals surface area contributed by atoms with E-state index in [2.05, 4.69) is 26.3 Å². The van der Waals surface area contributed by atoms with Gasteiger partial charge >= 0.3 is 6.03 Å². The summed E-state index contributed by atoms with van der Waals surface area (Å²) in [6.07, 6.45) is 0.528. The first-order chi connectivity index (χ1) is 17.2. The molecule has 14 heteroatoms. The van der Waals surface area contributed by atoms with Crippen molar-refractivity contribution < 1.29 is 19.5 Å². The molecule has 4 saturated heterocycles. The third kappa shape index (κ3) is 2.97. The molecule has 188 valence electrons. The highest BCUT2D eigenvalue weighted by atomic mass is 16.3. The molecule has 1 aromatic carbocycles. The Bertz CT molecular complexity index is 1320. The Morgan fingerprint density at radius 2 is 2.06 bits per heavy atom. The molecule has 5 heterocycles. The molecule has 5 atom stereocenters. The van der Waals surface area contributed by atoms with Crippen LogP contribution in [0.4, 0.5) is 4.79 Å².